The standard InChI is InChI=1S/C16H34O5Si/c1-4-7-13-22(19-5-2,20-6-3)21-12-10-8-9-11-17-14-16-15-18-16/h16H,4-15H2,1-3H3. The van der Waals surface area contributed by atoms with Crippen molar-refractivity contribution in [1.29, 1.82) is 0 Å². The molecule has 1 atom stereocenters. The molecular weight excluding hydrogens is 300 g/mol. The summed E-state index contributed by atoms with van der Waals surface area (Å²) in [5.41, 5.74) is 0. The summed E-state index contributed by atoms with van der Waals surface area (Å²) in [6.07, 6.45) is 5.82. The number of unbranched alkanes of at least 4 members (excludes halogenated alkanes) is 3. The van der Waals surface area contributed by atoms with Crippen molar-refractivity contribution in [3.63, 3.8) is 0 Å². The molecule has 0 aromatic carbocycles. The van der Waals surface area contributed by atoms with Crippen LogP contribution in [0.25, 0.3) is 0 Å². The fraction of sp³-hybridized carbons (Fsp3) is 1.00. The molecule has 1 unspecified atom stereocenters. The second-order valence-electron chi connectivity index (χ2n) is 5.59. The fourth-order valence-electron chi connectivity index (χ4n) is 2.26. The maximum atomic E-state index is 6.10. The number of epoxide rings is 1. The van der Waals surface area contributed by atoms with Gasteiger partial charge in [0.15, 0.2) is 0 Å². The molecule has 0 saturated carbocycles. The molecule has 6 heteroatoms. The van der Waals surface area contributed by atoms with E-state index in [1.807, 2.05) is 13.8 Å². The van der Waals surface area contributed by atoms with Crippen molar-refractivity contribution in [2.24, 2.45) is 0 Å². The minimum Gasteiger partial charge on any atom is -0.379 e. The Morgan fingerprint density at radius 3 is 2.18 bits per heavy atom. The Bertz CT molecular complexity index is 255. The van der Waals surface area contributed by atoms with E-state index in [1.54, 1.807) is 0 Å². The Morgan fingerprint density at radius 1 is 0.909 bits per heavy atom. The van der Waals surface area contributed by atoms with Gasteiger partial charge in [0.2, 0.25) is 0 Å². The zero-order valence-corrected chi connectivity index (χ0v) is 15.6. The van der Waals surface area contributed by atoms with Gasteiger partial charge in [-0.2, -0.15) is 0 Å². The summed E-state index contributed by atoms with van der Waals surface area (Å²) in [4.78, 5) is 0. The number of hydrogen-bond acceptors (Lipinski definition) is 5. The number of hydrogen-bond donors (Lipinski definition) is 0. The van der Waals surface area contributed by atoms with E-state index in [2.05, 4.69) is 6.92 Å². The van der Waals surface area contributed by atoms with Gasteiger partial charge in [-0.05, 0) is 39.5 Å². The van der Waals surface area contributed by atoms with Gasteiger partial charge in [0, 0.05) is 32.5 Å². The average molecular weight is 335 g/mol. The van der Waals surface area contributed by atoms with Gasteiger partial charge in [-0.15, -0.1) is 0 Å². The first-order valence-corrected chi connectivity index (χ1v) is 10.8. The Morgan fingerprint density at radius 2 is 1.59 bits per heavy atom. The van der Waals surface area contributed by atoms with Gasteiger partial charge in [-0.25, -0.2) is 0 Å². The van der Waals surface area contributed by atoms with E-state index in [-0.39, 0.29) is 0 Å². The summed E-state index contributed by atoms with van der Waals surface area (Å²) < 4.78 is 28.5. The molecule has 1 heterocycles. The molecule has 0 bridgehead atoms. The summed E-state index contributed by atoms with van der Waals surface area (Å²) in [5.74, 6) is 0. The second-order valence-corrected chi connectivity index (χ2v) is 8.32. The van der Waals surface area contributed by atoms with Crippen LogP contribution in [0.4, 0.5) is 0 Å². The van der Waals surface area contributed by atoms with E-state index in [0.29, 0.717) is 19.3 Å². The summed E-state index contributed by atoms with van der Waals surface area (Å²) in [6.45, 7) is 10.7. The second kappa shape index (κ2) is 12.4. The normalized spacial score (nSPS) is 17.9. The maximum absolute atomic E-state index is 6.10. The van der Waals surface area contributed by atoms with E-state index in [9.17, 15) is 0 Å². The van der Waals surface area contributed by atoms with Gasteiger partial charge >= 0.3 is 8.80 Å². The molecule has 0 aliphatic carbocycles. The highest BCUT2D eigenvalue weighted by molar-refractivity contribution is 6.60. The van der Waals surface area contributed by atoms with Crippen molar-refractivity contribution in [2.45, 2.75) is 65.0 Å². The Kier molecular flexibility index (Phi) is 11.3. The lowest BCUT2D eigenvalue weighted by Crippen LogP contribution is -2.46. The van der Waals surface area contributed by atoms with E-state index in [1.165, 1.54) is 0 Å². The van der Waals surface area contributed by atoms with Gasteiger partial charge in [0.05, 0.1) is 13.2 Å². The van der Waals surface area contributed by atoms with Crippen molar-refractivity contribution in [3.05, 3.63) is 0 Å². The van der Waals surface area contributed by atoms with Crippen LogP contribution in [0.5, 0.6) is 0 Å². The number of ether oxygens (including phenoxy) is 2. The van der Waals surface area contributed by atoms with E-state index in [4.69, 9.17) is 22.8 Å². The first-order chi connectivity index (χ1) is 10.8. The smallest absolute Gasteiger partial charge is 0.379 e. The van der Waals surface area contributed by atoms with E-state index >= 15 is 0 Å². The van der Waals surface area contributed by atoms with Gasteiger partial charge in [0.1, 0.15) is 6.10 Å². The fourth-order valence-corrected chi connectivity index (χ4v) is 5.07. The van der Waals surface area contributed by atoms with Crippen LogP contribution < -0.4 is 0 Å². The molecule has 1 fully saturated rings. The quantitative estimate of drug-likeness (QED) is 0.246. The highest BCUT2D eigenvalue weighted by Gasteiger charge is 2.39. The zero-order valence-electron chi connectivity index (χ0n) is 14.6. The van der Waals surface area contributed by atoms with E-state index in [0.717, 1.165) is 64.6 Å². The van der Waals surface area contributed by atoms with Crippen molar-refractivity contribution < 1.29 is 22.8 Å². The molecule has 1 aliphatic heterocycles. The topological polar surface area (TPSA) is 49.5 Å². The third-order valence-electron chi connectivity index (χ3n) is 3.53. The first-order valence-electron chi connectivity index (χ1n) is 8.87. The Labute approximate surface area is 137 Å². The third-order valence-corrected chi connectivity index (χ3v) is 6.59. The van der Waals surface area contributed by atoms with Crippen LogP contribution in [0.1, 0.15) is 52.9 Å². The van der Waals surface area contributed by atoms with Crippen molar-refractivity contribution in [1.82, 2.24) is 0 Å². The molecule has 0 radical (unpaired) electrons. The predicted molar refractivity (Wildman–Crippen MR) is 89.1 cm³/mol. The summed E-state index contributed by atoms with van der Waals surface area (Å²) in [6, 6.07) is 0.926. The van der Waals surface area contributed by atoms with E-state index < -0.39 is 8.80 Å². The van der Waals surface area contributed by atoms with Crippen LogP contribution in [0.3, 0.4) is 0 Å². The molecule has 1 saturated heterocycles. The van der Waals surface area contributed by atoms with Crippen molar-refractivity contribution in [2.75, 3.05) is 39.6 Å². The monoisotopic (exact) mass is 334 g/mol. The molecule has 5 nitrogen and oxygen atoms in total. The SMILES string of the molecule is CCCC[Si](OCC)(OCC)OCCCCCOCC1CO1. The van der Waals surface area contributed by atoms with Crippen LogP contribution in [-0.2, 0) is 22.8 Å². The summed E-state index contributed by atoms with van der Waals surface area (Å²) >= 11 is 0. The lowest BCUT2D eigenvalue weighted by Gasteiger charge is -2.29. The van der Waals surface area contributed by atoms with Crippen LogP contribution in [0.15, 0.2) is 0 Å². The minimum absolute atomic E-state index is 0.367. The van der Waals surface area contributed by atoms with Crippen LogP contribution in [0, 0.1) is 0 Å². The Hall–Kier alpha value is 0.0169. The maximum Gasteiger partial charge on any atom is 0.500 e. The molecule has 0 N–H and O–H groups in total. The van der Waals surface area contributed by atoms with Crippen molar-refractivity contribution >= 4 is 8.80 Å². The third kappa shape index (κ3) is 9.22. The van der Waals surface area contributed by atoms with Crippen LogP contribution >= 0.6 is 0 Å². The molecule has 1 aliphatic rings. The van der Waals surface area contributed by atoms with Gasteiger partial charge in [-0.3, -0.25) is 0 Å². The Balaban J connectivity index is 2.11. The highest BCUT2D eigenvalue weighted by atomic mass is 28.4. The van der Waals surface area contributed by atoms with Crippen LogP contribution in [-0.4, -0.2) is 54.5 Å². The molecule has 0 aromatic rings. The lowest BCUT2D eigenvalue weighted by atomic mass is 10.2. The molecule has 132 valence electrons. The zero-order chi connectivity index (χ0) is 16.1. The number of rotatable bonds is 16. The van der Waals surface area contributed by atoms with Crippen molar-refractivity contribution in [3.8, 4) is 0 Å². The van der Waals surface area contributed by atoms with Gasteiger partial charge in [-0.1, -0.05) is 13.3 Å². The molecule has 1 rings (SSSR count). The summed E-state index contributed by atoms with van der Waals surface area (Å²) in [5, 5.41) is 0. The lowest BCUT2D eigenvalue weighted by molar-refractivity contribution is 0.0638. The largest absolute Gasteiger partial charge is 0.500 e. The summed E-state index contributed by atoms with van der Waals surface area (Å²) in [7, 11) is -2.45. The van der Waals surface area contributed by atoms with Gasteiger partial charge in [0.25, 0.3) is 0 Å². The predicted octanol–water partition coefficient (Wildman–Crippen LogP) is 3.40. The highest BCUT2D eigenvalue weighted by Crippen LogP contribution is 2.20. The molecule has 0 spiro atoms. The van der Waals surface area contributed by atoms with Gasteiger partial charge < -0.3 is 22.8 Å². The first kappa shape index (κ1) is 20.1. The minimum atomic E-state index is -2.45. The molecular formula is C16H34O5Si. The molecule has 0 amide bonds. The average Bonchev–Trinajstić information content (AvgIpc) is 3.32. The molecule has 22 heavy (non-hydrogen) atoms. The van der Waals surface area contributed by atoms with Crippen LogP contribution in [0.2, 0.25) is 6.04 Å². The molecule has 0 aromatic heterocycles.